The van der Waals surface area contributed by atoms with E-state index in [0.29, 0.717) is 6.42 Å². The Bertz CT molecular complexity index is 592. The number of nitrogens with zero attached hydrogens (tertiary/aromatic N) is 5. The molecule has 0 spiro atoms. The quantitative estimate of drug-likeness (QED) is 0.308. The Morgan fingerprint density at radius 3 is 2.46 bits per heavy atom. The fourth-order valence-electron chi connectivity index (χ4n) is 3.35. The van der Waals surface area contributed by atoms with Crippen molar-refractivity contribution in [2.75, 3.05) is 40.3 Å². The smallest absolute Gasteiger partial charge is 0.222 e. The number of guanidine groups is 1. The molecule has 0 saturated carbocycles. The van der Waals surface area contributed by atoms with E-state index in [4.69, 9.17) is 15.9 Å². The number of nitrogens with two attached hydrogens (primary N) is 2. The molecule has 1 aromatic heterocycles. The molecule has 1 amide bonds. The molecular formula is C17H31N7O2. The molecule has 26 heavy (non-hydrogen) atoms. The molecule has 1 fully saturated rings. The van der Waals surface area contributed by atoms with Crippen molar-refractivity contribution in [3.8, 4) is 0 Å². The van der Waals surface area contributed by atoms with E-state index in [2.05, 4.69) is 21.8 Å². The van der Waals surface area contributed by atoms with Crippen LogP contribution in [0.4, 0.5) is 0 Å². The van der Waals surface area contributed by atoms with Crippen molar-refractivity contribution in [2.45, 2.75) is 32.6 Å². The maximum absolute atomic E-state index is 11.9. The number of hydrogen-bond acceptors (Lipinski definition) is 6. The molecule has 2 rings (SSSR count). The van der Waals surface area contributed by atoms with Crippen LogP contribution in [0.15, 0.2) is 27.9 Å². The average molecular weight is 365 g/mol. The molecule has 0 bridgehead atoms. The van der Waals surface area contributed by atoms with Crippen LogP contribution in [-0.2, 0) is 4.79 Å². The van der Waals surface area contributed by atoms with Crippen LogP contribution in [0.5, 0.6) is 0 Å². The maximum Gasteiger partial charge on any atom is 0.222 e. The molecule has 2 atom stereocenters. The minimum atomic E-state index is -0.252. The predicted octanol–water partition coefficient (Wildman–Crippen LogP) is 0.230. The third kappa shape index (κ3) is 4.67. The van der Waals surface area contributed by atoms with Gasteiger partial charge in [-0.3, -0.25) is 19.6 Å². The highest BCUT2D eigenvalue weighted by Crippen LogP contribution is 2.26. The first-order valence-electron chi connectivity index (χ1n) is 8.94. The average Bonchev–Trinajstić information content (AvgIpc) is 3.14. The molecule has 0 radical (unpaired) electrons. The number of carbonyl (C=O) groups is 1. The molecule has 9 nitrogen and oxygen atoms in total. The van der Waals surface area contributed by atoms with Gasteiger partial charge in [0.05, 0.1) is 12.4 Å². The second-order valence-corrected chi connectivity index (χ2v) is 6.56. The molecule has 4 N–H and O–H groups in total. The summed E-state index contributed by atoms with van der Waals surface area (Å²) in [4.78, 5) is 18.3. The SMILES string of the molecule is CCC(=O)N1CCN(C(C)N(C)C(c2ccco2)N(C)N=C(N)N)CC1. The standard InChI is InChI=1S/C17H31N7O2/c1-5-15(25)24-10-8-23(9-11-24)13(2)21(3)16(14-7-6-12-26-14)22(4)20-17(18)19/h6-7,12-13,16H,5,8-11H2,1-4H3,(H4,18,19,20). The monoisotopic (exact) mass is 365 g/mol. The molecule has 1 aliphatic rings. The summed E-state index contributed by atoms with van der Waals surface area (Å²) >= 11 is 0. The summed E-state index contributed by atoms with van der Waals surface area (Å²) in [7, 11) is 3.83. The summed E-state index contributed by atoms with van der Waals surface area (Å²) in [5.74, 6) is 0.968. The number of rotatable bonds is 7. The van der Waals surface area contributed by atoms with E-state index in [1.54, 1.807) is 11.3 Å². The van der Waals surface area contributed by atoms with Gasteiger partial charge in [0.25, 0.3) is 0 Å². The summed E-state index contributed by atoms with van der Waals surface area (Å²) < 4.78 is 5.61. The number of amides is 1. The van der Waals surface area contributed by atoms with Gasteiger partial charge in [-0.1, -0.05) is 6.92 Å². The van der Waals surface area contributed by atoms with Crippen molar-refractivity contribution in [3.63, 3.8) is 0 Å². The van der Waals surface area contributed by atoms with Gasteiger partial charge in [0.1, 0.15) is 5.76 Å². The number of hydrogen-bond donors (Lipinski definition) is 2. The van der Waals surface area contributed by atoms with Crippen LogP contribution in [-0.4, -0.2) is 78.0 Å². The summed E-state index contributed by atoms with van der Waals surface area (Å²) in [6, 6.07) is 3.75. The van der Waals surface area contributed by atoms with Crippen LogP contribution in [0.2, 0.25) is 0 Å². The number of piperazine rings is 1. The first-order valence-corrected chi connectivity index (χ1v) is 8.94. The Morgan fingerprint density at radius 2 is 1.96 bits per heavy atom. The Balaban J connectivity index is 2.09. The third-order valence-electron chi connectivity index (χ3n) is 4.90. The molecule has 9 heteroatoms. The second-order valence-electron chi connectivity index (χ2n) is 6.56. The van der Waals surface area contributed by atoms with Crippen LogP contribution in [0.25, 0.3) is 0 Å². The Labute approximate surface area is 155 Å². The van der Waals surface area contributed by atoms with E-state index in [9.17, 15) is 4.79 Å². The molecule has 2 heterocycles. The Kier molecular flexibility index (Phi) is 6.87. The number of furan rings is 1. The minimum absolute atomic E-state index is 0.00296. The first-order chi connectivity index (χ1) is 12.3. The van der Waals surface area contributed by atoms with Crippen molar-refractivity contribution in [3.05, 3.63) is 24.2 Å². The van der Waals surface area contributed by atoms with Gasteiger partial charge in [-0.15, -0.1) is 5.10 Å². The van der Waals surface area contributed by atoms with Crippen molar-refractivity contribution in [1.82, 2.24) is 19.7 Å². The van der Waals surface area contributed by atoms with Gasteiger partial charge < -0.3 is 20.8 Å². The van der Waals surface area contributed by atoms with Gasteiger partial charge in [0, 0.05) is 39.6 Å². The number of hydrazone groups is 1. The van der Waals surface area contributed by atoms with E-state index < -0.39 is 0 Å². The van der Waals surface area contributed by atoms with Gasteiger partial charge in [-0.25, -0.2) is 0 Å². The highest BCUT2D eigenvalue weighted by Gasteiger charge is 2.32. The zero-order valence-electron chi connectivity index (χ0n) is 16.1. The van der Waals surface area contributed by atoms with Gasteiger partial charge in [0.2, 0.25) is 11.9 Å². The van der Waals surface area contributed by atoms with Crippen molar-refractivity contribution in [2.24, 2.45) is 16.6 Å². The third-order valence-corrected chi connectivity index (χ3v) is 4.90. The summed E-state index contributed by atoms with van der Waals surface area (Å²) in [6.45, 7) is 7.19. The predicted molar refractivity (Wildman–Crippen MR) is 101 cm³/mol. The molecule has 1 aliphatic heterocycles. The van der Waals surface area contributed by atoms with E-state index in [1.165, 1.54) is 0 Å². The largest absolute Gasteiger partial charge is 0.466 e. The topological polar surface area (TPSA) is 108 Å². The van der Waals surface area contributed by atoms with E-state index >= 15 is 0 Å². The summed E-state index contributed by atoms with van der Waals surface area (Å²) in [6.07, 6.45) is 2.05. The normalized spacial score (nSPS) is 17.8. The van der Waals surface area contributed by atoms with Gasteiger partial charge in [-0.05, 0) is 26.1 Å². The van der Waals surface area contributed by atoms with E-state index in [0.717, 1.165) is 31.9 Å². The zero-order chi connectivity index (χ0) is 19.3. The van der Waals surface area contributed by atoms with Crippen molar-refractivity contribution < 1.29 is 9.21 Å². The van der Waals surface area contributed by atoms with Crippen LogP contribution in [0, 0.1) is 0 Å². The maximum atomic E-state index is 11.9. The lowest BCUT2D eigenvalue weighted by molar-refractivity contribution is -0.134. The molecule has 146 valence electrons. The summed E-state index contributed by atoms with van der Waals surface area (Å²) in [5, 5.41) is 5.86. The second kappa shape index (κ2) is 8.91. The molecule has 1 saturated heterocycles. The van der Waals surface area contributed by atoms with Gasteiger partial charge >= 0.3 is 0 Å². The van der Waals surface area contributed by atoms with Crippen molar-refractivity contribution >= 4 is 11.9 Å². The van der Waals surface area contributed by atoms with E-state index in [1.807, 2.05) is 38.1 Å². The highest BCUT2D eigenvalue weighted by atomic mass is 16.3. The lowest BCUT2D eigenvalue weighted by Gasteiger charge is -2.44. The van der Waals surface area contributed by atoms with Crippen molar-refractivity contribution in [1.29, 1.82) is 0 Å². The van der Waals surface area contributed by atoms with E-state index in [-0.39, 0.29) is 24.2 Å². The van der Waals surface area contributed by atoms with Crippen LogP contribution in [0.1, 0.15) is 32.2 Å². The fourth-order valence-corrected chi connectivity index (χ4v) is 3.35. The fraction of sp³-hybridized carbons (Fsp3) is 0.647. The first kappa shape index (κ1) is 20.1. The Morgan fingerprint density at radius 1 is 1.31 bits per heavy atom. The van der Waals surface area contributed by atoms with Crippen LogP contribution in [0.3, 0.4) is 0 Å². The molecule has 0 aromatic carbocycles. The summed E-state index contributed by atoms with van der Waals surface area (Å²) in [5.41, 5.74) is 11.1. The Hall–Kier alpha value is -2.26. The minimum Gasteiger partial charge on any atom is -0.466 e. The lowest BCUT2D eigenvalue weighted by Crippen LogP contribution is -2.56. The van der Waals surface area contributed by atoms with Crippen LogP contribution >= 0.6 is 0 Å². The molecule has 1 aromatic rings. The van der Waals surface area contributed by atoms with Crippen LogP contribution < -0.4 is 11.5 Å². The molecule has 0 aliphatic carbocycles. The highest BCUT2D eigenvalue weighted by molar-refractivity contribution is 5.76. The lowest BCUT2D eigenvalue weighted by atomic mass is 10.2. The molecule has 2 unspecified atom stereocenters. The number of carbonyl (C=O) groups excluding carboxylic acids is 1. The van der Waals surface area contributed by atoms with Gasteiger partial charge in [-0.2, -0.15) is 0 Å². The molecular weight excluding hydrogens is 334 g/mol. The van der Waals surface area contributed by atoms with Gasteiger partial charge in [0.15, 0.2) is 6.17 Å². The zero-order valence-corrected chi connectivity index (χ0v) is 16.1.